The number of nitrogens with two attached hydrogens (primary N) is 1. The quantitative estimate of drug-likeness (QED) is 0.274. The molecule has 4 aromatic rings. The fraction of sp³-hybridized carbons (Fsp3) is 0.160. The number of halogens is 2. The fourth-order valence-corrected chi connectivity index (χ4v) is 4.50. The number of thiophene rings is 1. The summed E-state index contributed by atoms with van der Waals surface area (Å²) in [7, 11) is 0. The highest BCUT2D eigenvalue weighted by Crippen LogP contribution is 2.40. The van der Waals surface area contributed by atoms with E-state index in [-0.39, 0.29) is 38.9 Å². The summed E-state index contributed by atoms with van der Waals surface area (Å²) in [6.45, 7) is 2.91. The minimum absolute atomic E-state index is 0.0176. The number of anilines is 2. The highest BCUT2D eigenvalue weighted by Gasteiger charge is 2.24. The Bertz CT molecular complexity index is 1450. The number of carbonyl (C=O) groups excluding carboxylic acids is 2. The van der Waals surface area contributed by atoms with E-state index in [0.29, 0.717) is 11.5 Å². The number of aliphatic hydroxyl groups is 1. The molecule has 0 aliphatic carbocycles. The van der Waals surface area contributed by atoms with Gasteiger partial charge < -0.3 is 21.5 Å². The highest BCUT2D eigenvalue weighted by atomic mass is 32.1. The van der Waals surface area contributed by atoms with Crippen LogP contribution in [0.5, 0.6) is 0 Å². The summed E-state index contributed by atoms with van der Waals surface area (Å²) in [6.07, 6.45) is 2.91. The van der Waals surface area contributed by atoms with Crippen molar-refractivity contribution in [1.29, 1.82) is 0 Å². The van der Waals surface area contributed by atoms with E-state index in [0.717, 1.165) is 23.5 Å². The molecule has 2 amide bonds. The van der Waals surface area contributed by atoms with Gasteiger partial charge in [-0.15, -0.1) is 11.3 Å². The molecule has 190 valence electrons. The molecule has 1 aromatic carbocycles. The van der Waals surface area contributed by atoms with Crippen molar-refractivity contribution < 1.29 is 23.5 Å². The van der Waals surface area contributed by atoms with E-state index in [1.165, 1.54) is 32.3 Å². The number of primary amides is 1. The smallest absolute Gasteiger partial charge is 0.289 e. The van der Waals surface area contributed by atoms with Gasteiger partial charge in [-0.1, -0.05) is 6.07 Å². The lowest BCUT2D eigenvalue weighted by atomic mass is 9.96. The van der Waals surface area contributed by atoms with E-state index in [1.807, 2.05) is 0 Å². The SMILES string of the molecule is CC(C)(O)c1cc(F)c(-c2cc(C(N)=O)c(Nc3cccc(CNC(=O)c4ncccn4)n3)s2)c(F)c1. The number of rotatable bonds is 8. The topological polar surface area (TPSA) is 143 Å². The molecule has 0 bridgehead atoms. The zero-order chi connectivity index (χ0) is 26.7. The second-order valence-corrected chi connectivity index (χ2v) is 9.54. The molecule has 3 aromatic heterocycles. The zero-order valence-electron chi connectivity index (χ0n) is 19.8. The van der Waals surface area contributed by atoms with Gasteiger partial charge in [-0.3, -0.25) is 9.59 Å². The van der Waals surface area contributed by atoms with Crippen LogP contribution < -0.4 is 16.4 Å². The molecule has 0 saturated heterocycles. The van der Waals surface area contributed by atoms with Crippen LogP contribution in [0.1, 0.15) is 46.1 Å². The largest absolute Gasteiger partial charge is 0.386 e. The third-order valence-electron chi connectivity index (χ3n) is 5.24. The van der Waals surface area contributed by atoms with Gasteiger partial charge in [0, 0.05) is 17.3 Å². The number of nitrogens with zero attached hydrogens (tertiary/aromatic N) is 3. The molecule has 3 heterocycles. The fourth-order valence-electron chi connectivity index (χ4n) is 3.38. The summed E-state index contributed by atoms with van der Waals surface area (Å²) < 4.78 is 29.8. The number of amides is 2. The molecule has 0 radical (unpaired) electrons. The first-order valence-corrected chi connectivity index (χ1v) is 11.8. The van der Waals surface area contributed by atoms with Gasteiger partial charge in [0.2, 0.25) is 5.82 Å². The summed E-state index contributed by atoms with van der Waals surface area (Å²) in [6, 6.07) is 9.98. The molecule has 0 aliphatic heterocycles. The van der Waals surface area contributed by atoms with Gasteiger partial charge in [0.1, 0.15) is 22.5 Å². The van der Waals surface area contributed by atoms with Crippen molar-refractivity contribution in [3.63, 3.8) is 0 Å². The number of nitrogens with one attached hydrogen (secondary N) is 2. The van der Waals surface area contributed by atoms with E-state index in [2.05, 4.69) is 25.6 Å². The van der Waals surface area contributed by atoms with Crippen molar-refractivity contribution in [3.8, 4) is 10.4 Å². The lowest BCUT2D eigenvalue weighted by Crippen LogP contribution is -2.25. The predicted molar refractivity (Wildman–Crippen MR) is 134 cm³/mol. The van der Waals surface area contributed by atoms with Crippen molar-refractivity contribution in [2.75, 3.05) is 5.32 Å². The molecule has 0 unspecified atom stereocenters. The molecule has 0 spiro atoms. The molecule has 9 nitrogen and oxygen atoms in total. The Balaban J connectivity index is 1.58. The average Bonchev–Trinajstić information content (AvgIpc) is 3.25. The second kappa shape index (κ2) is 10.4. The maximum atomic E-state index is 14.9. The molecule has 0 saturated carbocycles. The maximum absolute atomic E-state index is 14.9. The van der Waals surface area contributed by atoms with E-state index in [9.17, 15) is 23.5 Å². The van der Waals surface area contributed by atoms with Crippen LogP contribution in [0.15, 0.2) is 54.9 Å². The summed E-state index contributed by atoms with van der Waals surface area (Å²) in [4.78, 5) is 36.5. The Morgan fingerprint density at radius 1 is 1.08 bits per heavy atom. The van der Waals surface area contributed by atoms with Gasteiger partial charge in [-0.05, 0) is 55.8 Å². The molecule has 0 aliphatic rings. The van der Waals surface area contributed by atoms with Crippen molar-refractivity contribution in [1.82, 2.24) is 20.3 Å². The molecule has 12 heteroatoms. The van der Waals surface area contributed by atoms with Crippen molar-refractivity contribution in [2.45, 2.75) is 26.0 Å². The Morgan fingerprint density at radius 3 is 2.38 bits per heavy atom. The van der Waals surface area contributed by atoms with Crippen molar-refractivity contribution in [3.05, 3.63) is 89.1 Å². The minimum atomic E-state index is -1.44. The van der Waals surface area contributed by atoms with E-state index in [1.54, 1.807) is 24.3 Å². The van der Waals surface area contributed by atoms with Crippen LogP contribution in [0.4, 0.5) is 19.6 Å². The Kier molecular flexibility index (Phi) is 7.23. The number of benzene rings is 1. The van der Waals surface area contributed by atoms with Crippen LogP contribution in [-0.2, 0) is 12.1 Å². The number of pyridine rings is 1. The Labute approximate surface area is 214 Å². The van der Waals surface area contributed by atoms with E-state index >= 15 is 0 Å². The lowest BCUT2D eigenvalue weighted by Gasteiger charge is -2.18. The molecule has 0 atom stereocenters. The molecule has 0 fully saturated rings. The number of hydrogen-bond acceptors (Lipinski definition) is 8. The first-order chi connectivity index (χ1) is 17.5. The standard InChI is InChI=1S/C25H22F2N6O3S/c1-25(2,36)13-9-16(26)20(17(27)10-13)18-11-15(21(28)34)24(37-18)33-19-6-3-5-14(32-19)12-31-23(35)22-29-7-4-8-30-22/h3-11,36H,12H2,1-2H3,(H2,28,34)(H,31,35)(H,32,33). The number of aromatic nitrogens is 3. The summed E-state index contributed by atoms with van der Waals surface area (Å²) in [5, 5.41) is 16.0. The van der Waals surface area contributed by atoms with Crippen molar-refractivity contribution >= 4 is 34.0 Å². The van der Waals surface area contributed by atoms with Gasteiger partial charge in [0.25, 0.3) is 11.8 Å². The van der Waals surface area contributed by atoms with Gasteiger partial charge >= 0.3 is 0 Å². The molecule has 5 N–H and O–H groups in total. The Morgan fingerprint density at radius 2 is 1.76 bits per heavy atom. The average molecular weight is 525 g/mol. The molecule has 4 rings (SSSR count). The van der Waals surface area contributed by atoms with Gasteiger partial charge in [0.15, 0.2) is 0 Å². The summed E-state index contributed by atoms with van der Waals surface area (Å²) in [5.41, 5.74) is 4.31. The normalized spacial score (nSPS) is 11.3. The molecular weight excluding hydrogens is 502 g/mol. The van der Waals surface area contributed by atoms with E-state index < -0.39 is 29.0 Å². The minimum Gasteiger partial charge on any atom is -0.386 e. The Hall–Kier alpha value is -4.29. The third kappa shape index (κ3) is 5.93. The number of hydrogen-bond donors (Lipinski definition) is 4. The van der Waals surface area contributed by atoms with Gasteiger partial charge in [-0.25, -0.2) is 23.7 Å². The van der Waals surface area contributed by atoms with Crippen LogP contribution >= 0.6 is 11.3 Å². The summed E-state index contributed by atoms with van der Waals surface area (Å²) >= 11 is 0.918. The monoisotopic (exact) mass is 524 g/mol. The van der Waals surface area contributed by atoms with Crippen LogP contribution in [-0.4, -0.2) is 31.9 Å². The van der Waals surface area contributed by atoms with Gasteiger partial charge in [0.05, 0.1) is 29.0 Å². The second-order valence-electron chi connectivity index (χ2n) is 8.49. The summed E-state index contributed by atoms with van der Waals surface area (Å²) in [5.74, 6) is -2.72. The first-order valence-electron chi connectivity index (χ1n) is 11.0. The van der Waals surface area contributed by atoms with E-state index in [4.69, 9.17) is 5.73 Å². The maximum Gasteiger partial charge on any atom is 0.289 e. The van der Waals surface area contributed by atoms with Crippen LogP contribution in [0.25, 0.3) is 10.4 Å². The highest BCUT2D eigenvalue weighted by molar-refractivity contribution is 7.20. The zero-order valence-corrected chi connectivity index (χ0v) is 20.6. The lowest BCUT2D eigenvalue weighted by molar-refractivity contribution is 0.0778. The van der Waals surface area contributed by atoms with Crippen LogP contribution in [0.3, 0.4) is 0 Å². The predicted octanol–water partition coefficient (Wildman–Crippen LogP) is 3.88. The number of carbonyl (C=O) groups is 2. The van der Waals surface area contributed by atoms with Crippen LogP contribution in [0.2, 0.25) is 0 Å². The molecular formula is C25H22F2N6O3S. The first kappa shape index (κ1) is 25.8. The van der Waals surface area contributed by atoms with Crippen LogP contribution in [0, 0.1) is 11.6 Å². The van der Waals surface area contributed by atoms with Crippen molar-refractivity contribution in [2.24, 2.45) is 5.73 Å². The third-order valence-corrected chi connectivity index (χ3v) is 6.31. The molecule has 37 heavy (non-hydrogen) atoms. The van der Waals surface area contributed by atoms with Gasteiger partial charge in [-0.2, -0.15) is 0 Å².